The molecule has 3 aromatic rings. The van der Waals surface area contributed by atoms with Gasteiger partial charge in [-0.25, -0.2) is 4.39 Å². The number of aromatic nitrogens is 1. The molecule has 1 aliphatic carbocycles. The van der Waals surface area contributed by atoms with E-state index in [1.807, 2.05) is 31.2 Å². The summed E-state index contributed by atoms with van der Waals surface area (Å²) in [4.78, 5) is 17.3. The quantitative estimate of drug-likeness (QED) is 0.429. The second-order valence-corrected chi connectivity index (χ2v) is 8.86. The maximum Gasteiger partial charge on any atom is 0.416 e. The van der Waals surface area contributed by atoms with Gasteiger partial charge in [-0.3, -0.25) is 9.78 Å². The van der Waals surface area contributed by atoms with Gasteiger partial charge in [0.25, 0.3) is 0 Å². The number of hydrogen-bond donors (Lipinski definition) is 1. The fourth-order valence-corrected chi connectivity index (χ4v) is 4.05. The lowest BCUT2D eigenvalue weighted by Gasteiger charge is -2.36. The Morgan fingerprint density at radius 2 is 1.82 bits per heavy atom. The third-order valence-corrected chi connectivity index (χ3v) is 5.94. The van der Waals surface area contributed by atoms with Crippen LogP contribution in [0.2, 0.25) is 5.02 Å². The van der Waals surface area contributed by atoms with Gasteiger partial charge in [-0.2, -0.15) is 13.2 Å². The molecule has 3 nitrogen and oxygen atoms in total. The first-order chi connectivity index (χ1) is 15.6. The summed E-state index contributed by atoms with van der Waals surface area (Å²) in [6.45, 7) is 1.89. The molecule has 1 saturated carbocycles. The summed E-state index contributed by atoms with van der Waals surface area (Å²) >= 11 is 6.01. The standard InChI is InChI=1S/C25H21ClF4N2O/c1-15-3-2-4-16(9-15)13-24(32-23(33)17-5-6-17,22-8-7-20(26)14-31-22)18-10-19(25(28,29)30)12-21(27)11-18/h2-4,7-12,14,17H,5-6,13H2,1H3,(H,32,33)/t24-/m0/s1. The Balaban J connectivity index is 1.96. The zero-order valence-electron chi connectivity index (χ0n) is 17.7. The maximum atomic E-state index is 14.5. The van der Waals surface area contributed by atoms with Gasteiger partial charge in [0.15, 0.2) is 0 Å². The summed E-state index contributed by atoms with van der Waals surface area (Å²) in [7, 11) is 0. The minimum absolute atomic E-state index is 0.0415. The summed E-state index contributed by atoms with van der Waals surface area (Å²) in [5, 5.41) is 3.27. The molecule has 172 valence electrons. The van der Waals surface area contributed by atoms with Crippen molar-refractivity contribution in [1.82, 2.24) is 10.3 Å². The Labute approximate surface area is 193 Å². The van der Waals surface area contributed by atoms with E-state index in [0.29, 0.717) is 23.9 Å². The number of rotatable bonds is 6. The molecule has 0 spiro atoms. The highest BCUT2D eigenvalue weighted by Gasteiger charge is 2.43. The van der Waals surface area contributed by atoms with Crippen LogP contribution in [-0.2, 0) is 22.9 Å². The van der Waals surface area contributed by atoms with Crippen molar-refractivity contribution in [2.24, 2.45) is 5.92 Å². The molecule has 0 bridgehead atoms. The summed E-state index contributed by atoms with van der Waals surface area (Å²) in [5.41, 5.74) is -0.767. The second-order valence-electron chi connectivity index (χ2n) is 8.42. The molecule has 1 heterocycles. The van der Waals surface area contributed by atoms with Crippen molar-refractivity contribution in [3.63, 3.8) is 0 Å². The Hall–Kier alpha value is -2.93. The largest absolute Gasteiger partial charge is 0.416 e. The van der Waals surface area contributed by atoms with E-state index in [4.69, 9.17) is 11.6 Å². The third kappa shape index (κ3) is 5.19. The van der Waals surface area contributed by atoms with E-state index in [-0.39, 0.29) is 29.5 Å². The van der Waals surface area contributed by atoms with Gasteiger partial charge >= 0.3 is 6.18 Å². The first-order valence-corrected chi connectivity index (χ1v) is 10.8. The van der Waals surface area contributed by atoms with Crippen LogP contribution in [0.1, 0.15) is 40.8 Å². The van der Waals surface area contributed by atoms with Crippen molar-refractivity contribution in [1.29, 1.82) is 0 Å². The van der Waals surface area contributed by atoms with Crippen LogP contribution in [0, 0.1) is 18.7 Å². The van der Waals surface area contributed by atoms with Crippen LogP contribution in [0.3, 0.4) is 0 Å². The molecule has 1 aromatic heterocycles. The lowest BCUT2D eigenvalue weighted by molar-refractivity contribution is -0.137. The smallest absolute Gasteiger partial charge is 0.340 e. The van der Waals surface area contributed by atoms with Gasteiger partial charge in [-0.05, 0) is 61.2 Å². The van der Waals surface area contributed by atoms with Crippen molar-refractivity contribution in [2.75, 3.05) is 0 Å². The number of aryl methyl sites for hydroxylation is 1. The van der Waals surface area contributed by atoms with E-state index in [9.17, 15) is 22.4 Å². The van der Waals surface area contributed by atoms with Crippen molar-refractivity contribution < 1.29 is 22.4 Å². The van der Waals surface area contributed by atoms with Crippen LogP contribution in [-0.4, -0.2) is 10.9 Å². The molecular formula is C25H21ClF4N2O. The normalized spacial score (nSPS) is 15.7. The monoisotopic (exact) mass is 476 g/mol. The number of benzene rings is 2. The van der Waals surface area contributed by atoms with E-state index in [1.165, 1.54) is 6.20 Å². The third-order valence-electron chi connectivity index (χ3n) is 5.72. The molecular weight excluding hydrogens is 456 g/mol. The number of carbonyl (C=O) groups excluding carboxylic acids is 1. The van der Waals surface area contributed by atoms with Crippen LogP contribution >= 0.6 is 11.6 Å². The molecule has 2 aromatic carbocycles. The number of hydrogen-bond acceptors (Lipinski definition) is 2. The molecule has 1 amide bonds. The van der Waals surface area contributed by atoms with Gasteiger partial charge < -0.3 is 5.32 Å². The molecule has 0 radical (unpaired) electrons. The maximum absolute atomic E-state index is 14.5. The summed E-state index contributed by atoms with van der Waals surface area (Å²) in [6, 6.07) is 12.8. The number of nitrogens with zero attached hydrogens (tertiary/aromatic N) is 1. The first-order valence-electron chi connectivity index (χ1n) is 10.4. The fraction of sp³-hybridized carbons (Fsp3) is 0.280. The molecule has 4 rings (SSSR count). The van der Waals surface area contributed by atoms with Crippen LogP contribution in [0.15, 0.2) is 60.8 Å². The van der Waals surface area contributed by atoms with Crippen LogP contribution in [0.4, 0.5) is 17.6 Å². The number of halogens is 5. The van der Waals surface area contributed by atoms with Gasteiger partial charge in [-0.1, -0.05) is 41.4 Å². The zero-order chi connectivity index (χ0) is 23.8. The minimum atomic E-state index is -4.76. The number of pyridine rings is 1. The summed E-state index contributed by atoms with van der Waals surface area (Å²) < 4.78 is 55.3. The second kappa shape index (κ2) is 8.78. The average molecular weight is 477 g/mol. The Morgan fingerprint density at radius 3 is 2.42 bits per heavy atom. The zero-order valence-corrected chi connectivity index (χ0v) is 18.5. The predicted molar refractivity (Wildman–Crippen MR) is 117 cm³/mol. The number of alkyl halides is 3. The van der Waals surface area contributed by atoms with Crippen LogP contribution < -0.4 is 5.32 Å². The minimum Gasteiger partial charge on any atom is -0.340 e. The van der Waals surface area contributed by atoms with E-state index < -0.39 is 23.1 Å². The molecule has 0 saturated heterocycles. The van der Waals surface area contributed by atoms with Crippen molar-refractivity contribution in [3.05, 3.63) is 99.6 Å². The Kier molecular flexibility index (Phi) is 6.18. The van der Waals surface area contributed by atoms with E-state index >= 15 is 0 Å². The number of nitrogens with one attached hydrogen (secondary N) is 1. The molecule has 1 aliphatic rings. The van der Waals surface area contributed by atoms with E-state index in [1.54, 1.807) is 12.1 Å². The fourth-order valence-electron chi connectivity index (χ4n) is 3.94. The van der Waals surface area contributed by atoms with Gasteiger partial charge in [0, 0.05) is 18.5 Å². The summed E-state index contributed by atoms with van der Waals surface area (Å²) in [6.07, 6.45) is -1.95. The average Bonchev–Trinajstić information content (AvgIpc) is 3.58. The first kappa shape index (κ1) is 23.2. The lowest BCUT2D eigenvalue weighted by atomic mass is 9.79. The van der Waals surface area contributed by atoms with Gasteiger partial charge in [0.2, 0.25) is 5.91 Å². The van der Waals surface area contributed by atoms with Crippen LogP contribution in [0.25, 0.3) is 0 Å². The highest BCUT2D eigenvalue weighted by atomic mass is 35.5. The van der Waals surface area contributed by atoms with E-state index in [2.05, 4.69) is 10.3 Å². The van der Waals surface area contributed by atoms with Crippen molar-refractivity contribution >= 4 is 17.5 Å². The lowest BCUT2D eigenvalue weighted by Crippen LogP contribution is -2.50. The summed E-state index contributed by atoms with van der Waals surface area (Å²) in [5.74, 6) is -1.59. The van der Waals surface area contributed by atoms with E-state index in [0.717, 1.165) is 23.3 Å². The molecule has 1 atom stereocenters. The van der Waals surface area contributed by atoms with Gasteiger partial charge in [0.05, 0.1) is 16.3 Å². The molecule has 0 unspecified atom stereocenters. The molecule has 0 aliphatic heterocycles. The highest BCUT2D eigenvalue weighted by Crippen LogP contribution is 2.39. The van der Waals surface area contributed by atoms with Crippen LogP contribution in [0.5, 0.6) is 0 Å². The highest BCUT2D eigenvalue weighted by molar-refractivity contribution is 6.30. The predicted octanol–water partition coefficient (Wildman–Crippen LogP) is 6.21. The van der Waals surface area contributed by atoms with Gasteiger partial charge in [0.1, 0.15) is 11.4 Å². The number of carbonyl (C=O) groups is 1. The molecule has 1 N–H and O–H groups in total. The Morgan fingerprint density at radius 1 is 1.09 bits per heavy atom. The SMILES string of the molecule is Cc1cccc(C[C@](NC(=O)C2CC2)(c2cc(F)cc(C(F)(F)F)c2)c2ccc(Cl)cn2)c1. The topological polar surface area (TPSA) is 42.0 Å². The Bertz CT molecular complexity index is 1180. The van der Waals surface area contributed by atoms with Crippen molar-refractivity contribution in [3.8, 4) is 0 Å². The molecule has 8 heteroatoms. The van der Waals surface area contributed by atoms with Crippen molar-refractivity contribution in [2.45, 2.75) is 37.9 Å². The molecule has 1 fully saturated rings. The van der Waals surface area contributed by atoms with Gasteiger partial charge in [-0.15, -0.1) is 0 Å². The number of amides is 1. The molecule has 33 heavy (non-hydrogen) atoms.